The Morgan fingerprint density at radius 3 is 2.25 bits per heavy atom. The molecule has 364 valence electrons. The fourth-order valence-electron chi connectivity index (χ4n) is 10.5. The molecule has 1 aromatic rings. The first kappa shape index (κ1) is 52.6. The van der Waals surface area contributed by atoms with Crippen LogP contribution in [0.25, 0.3) is 0 Å². The number of hydrogen-bond donors (Lipinski definition) is 2. The van der Waals surface area contributed by atoms with Crippen molar-refractivity contribution in [2.24, 2.45) is 29.6 Å². The molecule has 1 amide bonds. The monoisotopic (exact) mass is 914 g/mol. The lowest BCUT2D eigenvalue weighted by Crippen LogP contribution is -2.64. The van der Waals surface area contributed by atoms with Crippen LogP contribution in [0.1, 0.15) is 124 Å². The predicted molar refractivity (Wildman–Crippen MR) is 242 cm³/mol. The third kappa shape index (κ3) is 12.4. The summed E-state index contributed by atoms with van der Waals surface area (Å²) in [5, 5.41) is 23.9. The number of hydrogen-bond acceptors (Lipinski definition) is 12. The molecule has 0 aromatic heterocycles. The first-order valence-corrected chi connectivity index (χ1v) is 23.8. The number of fused-ring (bicyclic) bond motifs is 3. The molecule has 5 rings (SSSR count). The maximum atomic E-state index is 16.3. The Morgan fingerprint density at radius 1 is 0.938 bits per heavy atom. The Labute approximate surface area is 385 Å². The Bertz CT molecular complexity index is 1820. The molecule has 2 bridgehead atoms. The van der Waals surface area contributed by atoms with Crippen LogP contribution in [0.15, 0.2) is 53.6 Å². The second-order valence-corrected chi connectivity index (χ2v) is 19.3. The summed E-state index contributed by atoms with van der Waals surface area (Å²) in [6.45, 7) is 12.4. The summed E-state index contributed by atoms with van der Waals surface area (Å²) in [6, 6.07) is 8.83. The van der Waals surface area contributed by atoms with Gasteiger partial charge in [0.25, 0.3) is 11.7 Å². The van der Waals surface area contributed by atoms with E-state index in [1.807, 2.05) is 57.2 Å². The van der Waals surface area contributed by atoms with E-state index in [9.17, 15) is 29.4 Å². The van der Waals surface area contributed by atoms with E-state index in [0.29, 0.717) is 43.3 Å². The molecule has 65 heavy (non-hydrogen) atoms. The Balaban J connectivity index is 1.49. The number of ketones is 2. The van der Waals surface area contributed by atoms with Gasteiger partial charge >= 0.3 is 5.97 Å². The molecule has 2 saturated heterocycles. The quantitative estimate of drug-likeness (QED) is 0.146. The van der Waals surface area contributed by atoms with Crippen LogP contribution in [0.2, 0.25) is 0 Å². The third-order valence-corrected chi connectivity index (χ3v) is 14.7. The SMILES string of the molecule is CCC1/C=C(\C)C(F)C(C)CC(OC)C2OC(O)(C(=O)C(=O)N3CCCCC3C(=O)OC(C(C)=CC3CCC(OC(C)c4ccccc4)C(OC)C3)C(C)C(O)CC1=O)C(C)CC2OC. The van der Waals surface area contributed by atoms with Gasteiger partial charge in [-0.2, -0.15) is 0 Å². The number of aliphatic hydroxyl groups is 2. The van der Waals surface area contributed by atoms with Gasteiger partial charge in [-0.15, -0.1) is 0 Å². The number of carbonyl (C=O) groups is 4. The Kier molecular flexibility index (Phi) is 19.1. The number of cyclic esters (lactones) is 1. The number of rotatable bonds is 9. The normalized spacial score (nSPS) is 39.1. The fourth-order valence-corrected chi connectivity index (χ4v) is 10.5. The summed E-state index contributed by atoms with van der Waals surface area (Å²) in [4.78, 5) is 58.3. The Morgan fingerprint density at radius 2 is 1.60 bits per heavy atom. The van der Waals surface area contributed by atoms with E-state index in [1.165, 1.54) is 14.2 Å². The van der Waals surface area contributed by atoms with Gasteiger partial charge in [-0.25, -0.2) is 9.18 Å². The van der Waals surface area contributed by atoms with Gasteiger partial charge < -0.3 is 43.5 Å². The van der Waals surface area contributed by atoms with Crippen molar-refractivity contribution in [2.75, 3.05) is 27.9 Å². The molecule has 2 N–H and O–H groups in total. The highest BCUT2D eigenvalue weighted by Gasteiger charge is 2.57. The number of benzene rings is 1. The topological polar surface area (TPSA) is 167 Å². The highest BCUT2D eigenvalue weighted by Crippen LogP contribution is 2.40. The average Bonchev–Trinajstić information content (AvgIpc) is 3.31. The number of amides is 1. The van der Waals surface area contributed by atoms with Crippen LogP contribution in [0.4, 0.5) is 4.39 Å². The zero-order valence-corrected chi connectivity index (χ0v) is 40.3. The largest absolute Gasteiger partial charge is 0.456 e. The molecule has 0 radical (unpaired) electrons. The van der Waals surface area contributed by atoms with Crippen molar-refractivity contribution in [3.05, 3.63) is 59.2 Å². The number of carbonyl (C=O) groups excluding carboxylic acids is 4. The number of aliphatic hydroxyl groups excluding tert-OH is 1. The van der Waals surface area contributed by atoms with Gasteiger partial charge in [-0.05, 0) is 107 Å². The highest BCUT2D eigenvalue weighted by atomic mass is 19.1. The lowest BCUT2D eigenvalue weighted by molar-refractivity contribution is -0.302. The van der Waals surface area contributed by atoms with E-state index in [-0.39, 0.29) is 62.2 Å². The molecule has 0 spiro atoms. The molecule has 13 nitrogen and oxygen atoms in total. The van der Waals surface area contributed by atoms with Gasteiger partial charge in [0.05, 0.1) is 36.6 Å². The van der Waals surface area contributed by atoms with Crippen LogP contribution in [0.3, 0.4) is 0 Å². The van der Waals surface area contributed by atoms with Gasteiger partial charge in [0.15, 0.2) is 0 Å². The zero-order valence-electron chi connectivity index (χ0n) is 40.3. The number of Topliss-reactive ketones (excluding diaryl/α,β-unsaturated/α-hetero) is 2. The number of halogens is 1. The smallest absolute Gasteiger partial charge is 0.329 e. The number of alkyl halides is 1. The lowest BCUT2D eigenvalue weighted by Gasteiger charge is -2.47. The molecule has 1 aromatic carbocycles. The molecule has 3 aliphatic heterocycles. The fraction of sp³-hybridized carbons (Fsp3) is 0.725. The number of methoxy groups -OCH3 is 3. The van der Waals surface area contributed by atoms with Gasteiger partial charge in [-0.1, -0.05) is 70.2 Å². The standard InChI is InChI=1S/C51H76FNO12/c1-11-36-24-29(2)45(52)30(3)25-43(61-9)47-44(62-10)26-32(5)51(59,65-47)48(56)49(57)53-22-16-15-19-38(53)50(58)64-46(33(6)39(54)28-40(36)55)31(4)23-35-20-21-41(42(27-35)60-8)63-34(7)37-17-13-12-14-18-37/h12-14,17-18,23-24,30,32-36,38-39,41-47,54,59H,11,15-16,19-22,25-28H2,1-10H3/b29-24+,31-23?. The van der Waals surface area contributed by atoms with E-state index in [2.05, 4.69) is 0 Å². The van der Waals surface area contributed by atoms with E-state index >= 15 is 4.39 Å². The summed E-state index contributed by atoms with van der Waals surface area (Å²) in [5.41, 5.74) is 2.06. The van der Waals surface area contributed by atoms with Crippen LogP contribution < -0.4 is 0 Å². The van der Waals surface area contributed by atoms with Crippen LogP contribution in [-0.2, 0) is 47.6 Å². The van der Waals surface area contributed by atoms with Crippen LogP contribution >= 0.6 is 0 Å². The van der Waals surface area contributed by atoms with E-state index in [1.54, 1.807) is 40.9 Å². The van der Waals surface area contributed by atoms with Gasteiger partial charge in [0.1, 0.15) is 30.2 Å². The molecule has 14 heteroatoms. The highest BCUT2D eigenvalue weighted by molar-refractivity contribution is 6.39. The number of nitrogens with zero attached hydrogens (tertiary/aromatic N) is 1. The van der Waals surface area contributed by atoms with Crippen molar-refractivity contribution < 1.29 is 62.2 Å². The molecule has 1 aliphatic carbocycles. The predicted octanol–water partition coefficient (Wildman–Crippen LogP) is 7.21. The van der Waals surface area contributed by atoms with Crippen molar-refractivity contribution >= 4 is 23.4 Å². The summed E-state index contributed by atoms with van der Waals surface area (Å²) in [5.74, 6) is -9.03. The van der Waals surface area contributed by atoms with Gasteiger partial charge in [0, 0.05) is 52.0 Å². The molecule has 16 atom stereocenters. The molecule has 4 aliphatic rings. The van der Waals surface area contributed by atoms with E-state index in [0.717, 1.165) is 16.9 Å². The van der Waals surface area contributed by atoms with Crippen LogP contribution in [0, 0.1) is 29.6 Å². The molecule has 16 unspecified atom stereocenters. The van der Waals surface area contributed by atoms with Crippen molar-refractivity contribution in [3.63, 3.8) is 0 Å². The van der Waals surface area contributed by atoms with Gasteiger partial charge in [0.2, 0.25) is 5.79 Å². The summed E-state index contributed by atoms with van der Waals surface area (Å²) < 4.78 is 53.0. The number of allylic oxidation sites excluding steroid dienone is 3. The van der Waals surface area contributed by atoms with Crippen molar-refractivity contribution in [1.29, 1.82) is 0 Å². The minimum absolute atomic E-state index is 0.00175. The number of piperidine rings is 1. The number of ether oxygens (including phenoxy) is 6. The third-order valence-electron chi connectivity index (χ3n) is 14.7. The molecule has 1 saturated carbocycles. The van der Waals surface area contributed by atoms with E-state index in [4.69, 9.17) is 28.4 Å². The summed E-state index contributed by atoms with van der Waals surface area (Å²) in [6.07, 6.45) is 0.441. The first-order chi connectivity index (χ1) is 30.9. The molecular weight excluding hydrogens is 838 g/mol. The Hall–Kier alpha value is -3.37. The van der Waals surface area contributed by atoms with Crippen LogP contribution in [0.5, 0.6) is 0 Å². The minimum atomic E-state index is -2.61. The van der Waals surface area contributed by atoms with Crippen molar-refractivity contribution in [1.82, 2.24) is 4.90 Å². The van der Waals surface area contributed by atoms with Crippen molar-refractivity contribution in [2.45, 2.75) is 180 Å². The second-order valence-electron chi connectivity index (χ2n) is 19.3. The minimum Gasteiger partial charge on any atom is -0.456 e. The molecule has 3 heterocycles. The first-order valence-electron chi connectivity index (χ1n) is 23.8. The second kappa shape index (κ2) is 23.6. The summed E-state index contributed by atoms with van der Waals surface area (Å²) in [7, 11) is 4.56. The van der Waals surface area contributed by atoms with Crippen molar-refractivity contribution in [3.8, 4) is 0 Å². The summed E-state index contributed by atoms with van der Waals surface area (Å²) >= 11 is 0. The van der Waals surface area contributed by atoms with E-state index < -0.39 is 89.9 Å². The maximum absolute atomic E-state index is 16.3. The number of esters is 1. The zero-order chi connectivity index (χ0) is 47.7. The lowest BCUT2D eigenvalue weighted by atomic mass is 9.81. The van der Waals surface area contributed by atoms with Crippen LogP contribution in [-0.4, -0.2) is 127 Å². The molecule has 3 fully saturated rings. The average molecular weight is 914 g/mol. The molecular formula is C51H76FNO12. The van der Waals surface area contributed by atoms with Gasteiger partial charge in [-0.3, -0.25) is 14.4 Å². The maximum Gasteiger partial charge on any atom is 0.329 e.